The number of rotatable bonds is 6. The Hall–Kier alpha value is -2.30. The van der Waals surface area contributed by atoms with Gasteiger partial charge in [-0.2, -0.15) is 0 Å². The SMILES string of the molecule is CCCCc1ccc(C2NC(=O)NC(C)=C2C(=O)OCC)cc1. The Balaban J connectivity index is 2.28. The number of allylic oxidation sites excluding steroid dienone is 1. The summed E-state index contributed by atoms with van der Waals surface area (Å²) in [5.41, 5.74) is 3.12. The van der Waals surface area contributed by atoms with Gasteiger partial charge in [0.1, 0.15) is 0 Å². The highest BCUT2D eigenvalue weighted by Crippen LogP contribution is 2.28. The highest BCUT2D eigenvalue weighted by Gasteiger charge is 2.31. The topological polar surface area (TPSA) is 67.4 Å². The molecule has 2 N–H and O–H groups in total. The Bertz CT molecular complexity index is 605. The molecule has 1 heterocycles. The van der Waals surface area contributed by atoms with Gasteiger partial charge in [0.2, 0.25) is 0 Å². The van der Waals surface area contributed by atoms with Gasteiger partial charge < -0.3 is 15.4 Å². The monoisotopic (exact) mass is 316 g/mol. The van der Waals surface area contributed by atoms with E-state index in [4.69, 9.17) is 4.74 Å². The predicted molar refractivity (Wildman–Crippen MR) is 88.8 cm³/mol. The zero-order valence-corrected chi connectivity index (χ0v) is 13.9. The van der Waals surface area contributed by atoms with Gasteiger partial charge in [-0.05, 0) is 37.8 Å². The summed E-state index contributed by atoms with van der Waals surface area (Å²) in [4.78, 5) is 24.0. The number of carbonyl (C=O) groups is 2. The van der Waals surface area contributed by atoms with Crippen LogP contribution in [0.15, 0.2) is 35.5 Å². The van der Waals surface area contributed by atoms with Gasteiger partial charge in [0, 0.05) is 5.70 Å². The molecule has 2 rings (SSSR count). The van der Waals surface area contributed by atoms with Crippen LogP contribution in [0.3, 0.4) is 0 Å². The molecule has 0 saturated heterocycles. The minimum atomic E-state index is -0.483. The summed E-state index contributed by atoms with van der Waals surface area (Å²) < 4.78 is 5.13. The maximum absolute atomic E-state index is 12.2. The molecule has 124 valence electrons. The van der Waals surface area contributed by atoms with E-state index in [0.717, 1.165) is 24.8 Å². The molecule has 0 aliphatic carbocycles. The van der Waals surface area contributed by atoms with Crippen molar-refractivity contribution in [2.24, 2.45) is 0 Å². The Kier molecular flexibility index (Phi) is 5.79. The van der Waals surface area contributed by atoms with Crippen molar-refractivity contribution in [2.45, 2.75) is 46.1 Å². The number of esters is 1. The lowest BCUT2D eigenvalue weighted by molar-refractivity contribution is -0.139. The normalized spacial score (nSPS) is 17.5. The van der Waals surface area contributed by atoms with Crippen molar-refractivity contribution in [2.75, 3.05) is 6.61 Å². The third-order valence-electron chi connectivity index (χ3n) is 3.90. The lowest BCUT2D eigenvalue weighted by Gasteiger charge is -2.28. The Morgan fingerprint density at radius 3 is 2.52 bits per heavy atom. The minimum Gasteiger partial charge on any atom is -0.463 e. The lowest BCUT2D eigenvalue weighted by Crippen LogP contribution is -2.45. The molecule has 0 fully saturated rings. The van der Waals surface area contributed by atoms with Crippen molar-refractivity contribution in [3.8, 4) is 0 Å². The molecule has 1 atom stereocenters. The van der Waals surface area contributed by atoms with Crippen molar-refractivity contribution >= 4 is 12.0 Å². The van der Waals surface area contributed by atoms with Crippen molar-refractivity contribution in [1.82, 2.24) is 10.6 Å². The van der Waals surface area contributed by atoms with Crippen LogP contribution in [0.25, 0.3) is 0 Å². The van der Waals surface area contributed by atoms with E-state index in [1.807, 2.05) is 12.1 Å². The van der Waals surface area contributed by atoms with Gasteiger partial charge in [-0.25, -0.2) is 9.59 Å². The third kappa shape index (κ3) is 4.12. The molecule has 1 aromatic carbocycles. The quantitative estimate of drug-likeness (QED) is 0.792. The molecule has 1 unspecified atom stereocenters. The van der Waals surface area contributed by atoms with Crippen molar-refractivity contribution in [3.63, 3.8) is 0 Å². The second-order valence-electron chi connectivity index (χ2n) is 5.64. The maximum atomic E-state index is 12.2. The van der Waals surface area contributed by atoms with Crippen LogP contribution in [0.5, 0.6) is 0 Å². The predicted octanol–water partition coefficient (Wildman–Crippen LogP) is 3.22. The summed E-state index contributed by atoms with van der Waals surface area (Å²) in [5, 5.41) is 5.44. The fraction of sp³-hybridized carbons (Fsp3) is 0.444. The zero-order chi connectivity index (χ0) is 16.8. The summed E-state index contributed by atoms with van der Waals surface area (Å²) in [5.74, 6) is -0.405. The fourth-order valence-electron chi connectivity index (χ4n) is 2.68. The van der Waals surface area contributed by atoms with Crippen LogP contribution in [-0.2, 0) is 16.0 Å². The average molecular weight is 316 g/mol. The van der Waals surface area contributed by atoms with Gasteiger partial charge in [0.05, 0.1) is 18.2 Å². The first kappa shape index (κ1) is 17.1. The van der Waals surface area contributed by atoms with Crippen LogP contribution < -0.4 is 10.6 Å². The number of hydrogen-bond acceptors (Lipinski definition) is 3. The van der Waals surface area contributed by atoms with Gasteiger partial charge in [-0.3, -0.25) is 0 Å². The summed E-state index contributed by atoms with van der Waals surface area (Å²) in [7, 11) is 0. The van der Waals surface area contributed by atoms with Crippen LogP contribution in [0.2, 0.25) is 0 Å². The van der Waals surface area contributed by atoms with E-state index in [0.29, 0.717) is 17.9 Å². The maximum Gasteiger partial charge on any atom is 0.338 e. The highest BCUT2D eigenvalue weighted by molar-refractivity contribution is 5.95. The zero-order valence-electron chi connectivity index (χ0n) is 13.9. The van der Waals surface area contributed by atoms with E-state index in [-0.39, 0.29) is 6.03 Å². The summed E-state index contributed by atoms with van der Waals surface area (Å²) in [6, 6.07) is 7.24. The van der Waals surface area contributed by atoms with Crippen molar-refractivity contribution in [3.05, 3.63) is 46.7 Å². The molecule has 1 aromatic rings. The van der Waals surface area contributed by atoms with Crippen LogP contribution in [0, 0.1) is 0 Å². The minimum absolute atomic E-state index is 0.298. The molecule has 0 spiro atoms. The third-order valence-corrected chi connectivity index (χ3v) is 3.90. The first-order valence-corrected chi connectivity index (χ1v) is 8.11. The smallest absolute Gasteiger partial charge is 0.338 e. The van der Waals surface area contributed by atoms with Gasteiger partial charge in [0.25, 0.3) is 0 Å². The first-order chi connectivity index (χ1) is 11.1. The molecule has 0 bridgehead atoms. The number of amides is 2. The van der Waals surface area contributed by atoms with Gasteiger partial charge >= 0.3 is 12.0 Å². The molecule has 0 saturated carbocycles. The van der Waals surface area contributed by atoms with Crippen molar-refractivity contribution in [1.29, 1.82) is 0 Å². The molecule has 23 heavy (non-hydrogen) atoms. The Morgan fingerprint density at radius 2 is 1.91 bits per heavy atom. The number of nitrogens with one attached hydrogen (secondary N) is 2. The second kappa shape index (κ2) is 7.81. The molecule has 5 nitrogen and oxygen atoms in total. The molecular formula is C18H24N2O3. The number of benzene rings is 1. The lowest BCUT2D eigenvalue weighted by atomic mass is 9.94. The molecular weight excluding hydrogens is 292 g/mol. The number of ether oxygens (including phenoxy) is 1. The fourth-order valence-corrected chi connectivity index (χ4v) is 2.68. The standard InChI is InChI=1S/C18H24N2O3/c1-4-6-7-13-8-10-14(11-9-13)16-15(17(21)23-5-2)12(3)19-18(22)20-16/h8-11,16H,4-7H2,1-3H3,(H2,19,20,22). The van der Waals surface area contributed by atoms with E-state index in [2.05, 4.69) is 29.7 Å². The van der Waals surface area contributed by atoms with Gasteiger partial charge in [-0.15, -0.1) is 0 Å². The van der Waals surface area contributed by atoms with E-state index in [1.165, 1.54) is 5.56 Å². The molecule has 2 amide bonds. The van der Waals surface area contributed by atoms with Gasteiger partial charge in [0.15, 0.2) is 0 Å². The average Bonchev–Trinajstić information content (AvgIpc) is 2.52. The Labute approximate surface area is 137 Å². The molecule has 5 heteroatoms. The summed E-state index contributed by atoms with van der Waals surface area (Å²) >= 11 is 0. The first-order valence-electron chi connectivity index (χ1n) is 8.11. The molecule has 0 aromatic heterocycles. The van der Waals surface area contributed by atoms with E-state index in [9.17, 15) is 9.59 Å². The summed E-state index contributed by atoms with van der Waals surface area (Å²) in [6.45, 7) is 5.94. The summed E-state index contributed by atoms with van der Waals surface area (Å²) in [6.07, 6.45) is 3.34. The van der Waals surface area contributed by atoms with E-state index < -0.39 is 12.0 Å². The van der Waals surface area contributed by atoms with E-state index >= 15 is 0 Å². The molecule has 0 radical (unpaired) electrons. The number of unbranched alkanes of at least 4 members (excludes halogenated alkanes) is 1. The van der Waals surface area contributed by atoms with Crippen LogP contribution in [-0.4, -0.2) is 18.6 Å². The van der Waals surface area contributed by atoms with Crippen LogP contribution in [0.1, 0.15) is 50.8 Å². The molecule has 1 aliphatic heterocycles. The number of hydrogen-bond donors (Lipinski definition) is 2. The number of carbonyl (C=O) groups excluding carboxylic acids is 2. The second-order valence-corrected chi connectivity index (χ2v) is 5.64. The molecule has 1 aliphatic rings. The number of urea groups is 1. The number of aryl methyl sites for hydroxylation is 1. The van der Waals surface area contributed by atoms with E-state index in [1.54, 1.807) is 13.8 Å². The van der Waals surface area contributed by atoms with Crippen molar-refractivity contribution < 1.29 is 14.3 Å². The van der Waals surface area contributed by atoms with Crippen LogP contribution in [0.4, 0.5) is 4.79 Å². The van der Waals surface area contributed by atoms with Gasteiger partial charge in [-0.1, -0.05) is 37.6 Å². The van der Waals surface area contributed by atoms with Crippen LogP contribution >= 0.6 is 0 Å². The highest BCUT2D eigenvalue weighted by atomic mass is 16.5. The largest absolute Gasteiger partial charge is 0.463 e. The Morgan fingerprint density at radius 1 is 1.22 bits per heavy atom.